The highest BCUT2D eigenvalue weighted by Gasteiger charge is 2.29. The van der Waals surface area contributed by atoms with Crippen molar-refractivity contribution in [1.29, 1.82) is 0 Å². The van der Waals surface area contributed by atoms with Crippen LogP contribution in [-0.4, -0.2) is 9.13 Å². The molecule has 0 saturated carbocycles. The van der Waals surface area contributed by atoms with Crippen LogP contribution in [0.4, 0.5) is 0 Å². The number of para-hydroxylation sites is 2. The van der Waals surface area contributed by atoms with Gasteiger partial charge in [0, 0.05) is 58.2 Å². The fourth-order valence-electron chi connectivity index (χ4n) is 5.18. The lowest BCUT2D eigenvalue weighted by Crippen LogP contribution is -2.32. The van der Waals surface area contributed by atoms with Crippen molar-refractivity contribution in [1.82, 2.24) is 9.13 Å². The number of aromatic nitrogens is 2. The van der Waals surface area contributed by atoms with E-state index in [4.69, 9.17) is 0 Å². The standard InChI is InChI=1S/C26H26N2O2/c1-15(2)27-21-11-7-5-9-17(21)25(29)19-14-24-20(13-23(19)27)26(30)18-10-6-8-12-22(18)28(24)16(3)4/h5-12,15-16H,13-14H2,1-4H3. The summed E-state index contributed by atoms with van der Waals surface area (Å²) >= 11 is 0. The van der Waals surface area contributed by atoms with Crippen LogP contribution in [0.2, 0.25) is 0 Å². The van der Waals surface area contributed by atoms with Crippen LogP contribution in [0.3, 0.4) is 0 Å². The molecule has 2 heterocycles. The van der Waals surface area contributed by atoms with Gasteiger partial charge in [0.1, 0.15) is 0 Å². The molecule has 0 amide bonds. The van der Waals surface area contributed by atoms with E-state index in [9.17, 15) is 9.59 Å². The lowest BCUT2D eigenvalue weighted by molar-refractivity contribution is 0.562. The summed E-state index contributed by atoms with van der Waals surface area (Å²) in [5, 5.41) is 1.51. The quantitative estimate of drug-likeness (QED) is 0.421. The summed E-state index contributed by atoms with van der Waals surface area (Å²) in [6.45, 7) is 8.55. The second-order valence-corrected chi connectivity index (χ2v) is 8.82. The van der Waals surface area contributed by atoms with Crippen molar-refractivity contribution in [3.05, 3.63) is 91.5 Å². The van der Waals surface area contributed by atoms with Crippen LogP contribution in [0, 0.1) is 0 Å². The van der Waals surface area contributed by atoms with E-state index in [0.717, 1.165) is 44.3 Å². The number of nitrogens with zero attached hydrogens (tertiary/aromatic N) is 2. The van der Waals surface area contributed by atoms with Gasteiger partial charge in [0.15, 0.2) is 10.9 Å². The third kappa shape index (κ3) is 2.53. The Balaban J connectivity index is 1.91. The Labute approximate surface area is 175 Å². The summed E-state index contributed by atoms with van der Waals surface area (Å²) in [4.78, 5) is 27.0. The van der Waals surface area contributed by atoms with Crippen molar-refractivity contribution in [2.75, 3.05) is 0 Å². The Morgan fingerprint density at radius 3 is 1.37 bits per heavy atom. The highest BCUT2D eigenvalue weighted by atomic mass is 16.1. The minimum Gasteiger partial charge on any atom is -0.341 e. The van der Waals surface area contributed by atoms with E-state index in [0.29, 0.717) is 12.8 Å². The molecule has 0 unspecified atom stereocenters. The van der Waals surface area contributed by atoms with Crippen LogP contribution in [0.15, 0.2) is 58.1 Å². The lowest BCUT2D eigenvalue weighted by Gasteiger charge is -2.30. The van der Waals surface area contributed by atoms with E-state index in [-0.39, 0.29) is 22.9 Å². The van der Waals surface area contributed by atoms with Crippen molar-refractivity contribution >= 4 is 21.8 Å². The summed E-state index contributed by atoms with van der Waals surface area (Å²) in [7, 11) is 0. The van der Waals surface area contributed by atoms with E-state index in [1.54, 1.807) is 0 Å². The molecule has 1 aliphatic rings. The second kappa shape index (κ2) is 6.69. The average molecular weight is 399 g/mol. The zero-order chi connectivity index (χ0) is 21.2. The van der Waals surface area contributed by atoms with Gasteiger partial charge < -0.3 is 9.13 Å². The molecule has 5 rings (SSSR count). The van der Waals surface area contributed by atoms with Crippen molar-refractivity contribution in [2.45, 2.75) is 52.6 Å². The molecule has 0 spiro atoms. The number of hydrogen-bond acceptors (Lipinski definition) is 2. The molecule has 0 N–H and O–H groups in total. The van der Waals surface area contributed by atoms with Crippen LogP contribution in [0.5, 0.6) is 0 Å². The molecule has 0 radical (unpaired) electrons. The summed E-state index contributed by atoms with van der Waals surface area (Å²) in [5.41, 5.74) is 5.73. The first-order valence-corrected chi connectivity index (χ1v) is 10.7. The molecule has 4 heteroatoms. The Hall–Kier alpha value is -3.14. The predicted octanol–water partition coefficient (Wildman–Crippen LogP) is 4.97. The second-order valence-electron chi connectivity index (χ2n) is 8.82. The maximum Gasteiger partial charge on any atom is 0.193 e. The summed E-state index contributed by atoms with van der Waals surface area (Å²) < 4.78 is 4.51. The maximum atomic E-state index is 13.5. The molecule has 4 aromatic rings. The Bertz CT molecular complexity index is 1330. The maximum absolute atomic E-state index is 13.5. The minimum atomic E-state index is 0.0964. The molecule has 4 nitrogen and oxygen atoms in total. The smallest absolute Gasteiger partial charge is 0.193 e. The molecule has 0 fully saturated rings. The number of fused-ring (bicyclic) bond motifs is 4. The Kier molecular flexibility index (Phi) is 4.21. The van der Waals surface area contributed by atoms with E-state index in [1.165, 1.54) is 0 Å². The van der Waals surface area contributed by atoms with Gasteiger partial charge >= 0.3 is 0 Å². The molecule has 1 aliphatic carbocycles. The van der Waals surface area contributed by atoms with Gasteiger partial charge in [0.25, 0.3) is 0 Å². The number of hydrogen-bond donors (Lipinski definition) is 0. The molecular weight excluding hydrogens is 372 g/mol. The first-order chi connectivity index (χ1) is 14.4. The molecule has 2 aromatic carbocycles. The van der Waals surface area contributed by atoms with Gasteiger partial charge in [-0.05, 0) is 52.0 Å². The highest BCUT2D eigenvalue weighted by Crippen LogP contribution is 2.32. The number of pyridine rings is 2. The van der Waals surface area contributed by atoms with Crippen LogP contribution in [0.25, 0.3) is 21.8 Å². The first kappa shape index (κ1) is 18.9. The van der Waals surface area contributed by atoms with Crippen molar-refractivity contribution in [3.8, 4) is 0 Å². The molecule has 2 aromatic heterocycles. The SMILES string of the molecule is CC(C)n1c2c(c(=O)c3ccccc31)Cc1c(c(=O)c3ccccc3n1C(C)C)C2. The van der Waals surface area contributed by atoms with Crippen LogP contribution in [-0.2, 0) is 12.8 Å². The van der Waals surface area contributed by atoms with Gasteiger partial charge in [-0.25, -0.2) is 0 Å². The van der Waals surface area contributed by atoms with Crippen LogP contribution < -0.4 is 10.9 Å². The van der Waals surface area contributed by atoms with Crippen LogP contribution in [0.1, 0.15) is 62.3 Å². The fraction of sp³-hybridized carbons (Fsp3) is 0.308. The number of rotatable bonds is 2. The van der Waals surface area contributed by atoms with Gasteiger partial charge in [-0.2, -0.15) is 0 Å². The van der Waals surface area contributed by atoms with Gasteiger partial charge in [-0.15, -0.1) is 0 Å². The van der Waals surface area contributed by atoms with Gasteiger partial charge in [0.2, 0.25) is 0 Å². The van der Waals surface area contributed by atoms with Gasteiger partial charge in [-0.3, -0.25) is 9.59 Å². The molecule has 0 bridgehead atoms. The molecule has 0 saturated heterocycles. The third-order valence-electron chi connectivity index (χ3n) is 6.36. The largest absolute Gasteiger partial charge is 0.341 e. The third-order valence-corrected chi connectivity index (χ3v) is 6.36. The average Bonchev–Trinajstić information content (AvgIpc) is 2.73. The van der Waals surface area contributed by atoms with E-state index >= 15 is 0 Å². The minimum absolute atomic E-state index is 0.0964. The van der Waals surface area contributed by atoms with Gasteiger partial charge in [0.05, 0.1) is 11.0 Å². The molecule has 0 atom stereocenters. The lowest BCUT2D eigenvalue weighted by atomic mass is 9.88. The fourth-order valence-corrected chi connectivity index (χ4v) is 5.18. The Morgan fingerprint density at radius 1 is 0.633 bits per heavy atom. The zero-order valence-electron chi connectivity index (χ0n) is 17.9. The molecule has 30 heavy (non-hydrogen) atoms. The molecule has 0 aliphatic heterocycles. The molecule has 152 valence electrons. The zero-order valence-corrected chi connectivity index (χ0v) is 17.9. The summed E-state index contributed by atoms with van der Waals surface area (Å²) in [6, 6.07) is 16.1. The summed E-state index contributed by atoms with van der Waals surface area (Å²) in [6.07, 6.45) is 0.999. The first-order valence-electron chi connectivity index (χ1n) is 10.7. The molecular formula is C26H26N2O2. The number of benzene rings is 2. The van der Waals surface area contributed by atoms with E-state index < -0.39 is 0 Å². The highest BCUT2D eigenvalue weighted by molar-refractivity contribution is 5.83. The van der Waals surface area contributed by atoms with Gasteiger partial charge in [-0.1, -0.05) is 24.3 Å². The monoisotopic (exact) mass is 398 g/mol. The van der Waals surface area contributed by atoms with E-state index in [1.807, 2.05) is 48.5 Å². The normalized spacial score (nSPS) is 13.3. The van der Waals surface area contributed by atoms with Crippen molar-refractivity contribution in [3.63, 3.8) is 0 Å². The van der Waals surface area contributed by atoms with Crippen LogP contribution >= 0.6 is 0 Å². The van der Waals surface area contributed by atoms with Crippen molar-refractivity contribution in [2.24, 2.45) is 0 Å². The summed E-state index contributed by atoms with van der Waals surface area (Å²) in [5.74, 6) is 0. The van der Waals surface area contributed by atoms with Crippen molar-refractivity contribution < 1.29 is 0 Å². The topological polar surface area (TPSA) is 44.0 Å². The Morgan fingerprint density at radius 2 is 1.00 bits per heavy atom. The predicted molar refractivity (Wildman–Crippen MR) is 123 cm³/mol. The van der Waals surface area contributed by atoms with E-state index in [2.05, 4.69) is 36.8 Å².